The lowest BCUT2D eigenvalue weighted by atomic mass is 9.98. The number of benzene rings is 2. The fourth-order valence-electron chi connectivity index (χ4n) is 1.89. The van der Waals surface area contributed by atoms with Gasteiger partial charge in [-0.15, -0.1) is 0 Å². The summed E-state index contributed by atoms with van der Waals surface area (Å²) in [6.45, 7) is 0.298. The van der Waals surface area contributed by atoms with E-state index in [1.54, 1.807) is 7.11 Å². The Hall–Kier alpha value is -1.52. The van der Waals surface area contributed by atoms with Crippen LogP contribution in [-0.4, -0.2) is 17.3 Å². The highest BCUT2D eigenvalue weighted by Crippen LogP contribution is 2.42. The van der Waals surface area contributed by atoms with Gasteiger partial charge in [0.15, 0.2) is 0 Å². The summed E-state index contributed by atoms with van der Waals surface area (Å²) in [5.41, 5.74) is 2.27. The van der Waals surface area contributed by atoms with Crippen molar-refractivity contribution >= 4 is 15.9 Å². The maximum atomic E-state index is 10.0. The maximum absolute atomic E-state index is 10.0. The molecule has 3 nitrogen and oxygen atoms in total. The van der Waals surface area contributed by atoms with Crippen molar-refractivity contribution in [2.24, 2.45) is 0 Å². The van der Waals surface area contributed by atoms with Crippen LogP contribution < -0.4 is 0 Å². The predicted molar refractivity (Wildman–Crippen MR) is 73.6 cm³/mol. The molecule has 94 valence electrons. The highest BCUT2D eigenvalue weighted by molar-refractivity contribution is 9.10. The van der Waals surface area contributed by atoms with Crippen LogP contribution in [0.1, 0.15) is 5.56 Å². The number of rotatable bonds is 3. The lowest BCUT2D eigenvalue weighted by Crippen LogP contribution is -1.95. The van der Waals surface area contributed by atoms with Crippen LogP contribution in [-0.2, 0) is 11.3 Å². The van der Waals surface area contributed by atoms with Crippen molar-refractivity contribution in [2.75, 3.05) is 7.11 Å². The highest BCUT2D eigenvalue weighted by atomic mass is 79.9. The zero-order valence-electron chi connectivity index (χ0n) is 9.85. The molecular weight excluding hydrogens is 296 g/mol. The van der Waals surface area contributed by atoms with Gasteiger partial charge in [-0.3, -0.25) is 0 Å². The average Bonchev–Trinajstić information content (AvgIpc) is 2.37. The number of phenolic OH excluding ortho intramolecular Hbond substituents is 2. The Kier molecular flexibility index (Phi) is 3.89. The first-order chi connectivity index (χ1) is 8.65. The van der Waals surface area contributed by atoms with Crippen LogP contribution >= 0.6 is 15.9 Å². The van der Waals surface area contributed by atoms with E-state index in [9.17, 15) is 10.2 Å². The summed E-state index contributed by atoms with van der Waals surface area (Å²) in [7, 11) is 1.57. The van der Waals surface area contributed by atoms with Crippen LogP contribution in [0.2, 0.25) is 0 Å². The quantitative estimate of drug-likeness (QED) is 0.909. The minimum atomic E-state index is -0.000712. The van der Waals surface area contributed by atoms with Crippen molar-refractivity contribution < 1.29 is 14.9 Å². The summed E-state index contributed by atoms with van der Waals surface area (Å²) in [6.07, 6.45) is 0. The molecule has 0 unspecified atom stereocenters. The van der Waals surface area contributed by atoms with E-state index in [0.29, 0.717) is 16.6 Å². The zero-order valence-corrected chi connectivity index (χ0v) is 11.4. The Labute approximate surface area is 114 Å². The third-order valence-corrected chi connectivity index (χ3v) is 3.56. The minimum absolute atomic E-state index is 0.000712. The van der Waals surface area contributed by atoms with Crippen molar-refractivity contribution in [1.82, 2.24) is 0 Å². The molecule has 0 spiro atoms. The molecule has 0 aliphatic carbocycles. The summed E-state index contributed by atoms with van der Waals surface area (Å²) in [4.78, 5) is 0. The van der Waals surface area contributed by atoms with Gasteiger partial charge in [0, 0.05) is 24.3 Å². The van der Waals surface area contributed by atoms with Gasteiger partial charge in [-0.1, -0.05) is 30.3 Å². The number of hydrogen-bond acceptors (Lipinski definition) is 3. The molecule has 2 rings (SSSR count). The number of methoxy groups -OCH3 is 1. The fourth-order valence-corrected chi connectivity index (χ4v) is 2.32. The van der Waals surface area contributed by atoms with Crippen LogP contribution in [0, 0.1) is 0 Å². The van der Waals surface area contributed by atoms with Gasteiger partial charge in [0.1, 0.15) is 11.5 Å². The second-order valence-electron chi connectivity index (χ2n) is 3.88. The molecule has 0 heterocycles. The van der Waals surface area contributed by atoms with Crippen molar-refractivity contribution in [3.8, 4) is 22.6 Å². The molecular formula is C14H13BrO3. The SMILES string of the molecule is COCc1c(Br)c(O)cc(O)c1-c1ccccc1. The number of halogens is 1. The van der Waals surface area contributed by atoms with E-state index in [0.717, 1.165) is 11.1 Å². The molecule has 0 atom stereocenters. The Morgan fingerprint density at radius 1 is 1.11 bits per heavy atom. The largest absolute Gasteiger partial charge is 0.507 e. The predicted octanol–water partition coefficient (Wildman–Crippen LogP) is 3.67. The molecule has 2 N–H and O–H groups in total. The van der Waals surface area contributed by atoms with Crippen molar-refractivity contribution in [2.45, 2.75) is 6.61 Å². The molecule has 0 aliphatic rings. The molecule has 0 saturated heterocycles. The first-order valence-corrected chi connectivity index (χ1v) is 6.22. The Morgan fingerprint density at radius 3 is 2.39 bits per heavy atom. The zero-order chi connectivity index (χ0) is 13.1. The van der Waals surface area contributed by atoms with E-state index < -0.39 is 0 Å². The van der Waals surface area contributed by atoms with Gasteiger partial charge in [-0.25, -0.2) is 0 Å². The second-order valence-corrected chi connectivity index (χ2v) is 4.67. The van der Waals surface area contributed by atoms with Crippen LogP contribution in [0.25, 0.3) is 11.1 Å². The van der Waals surface area contributed by atoms with E-state index in [-0.39, 0.29) is 11.5 Å². The number of aromatic hydroxyl groups is 2. The number of ether oxygens (including phenoxy) is 1. The van der Waals surface area contributed by atoms with E-state index in [4.69, 9.17) is 4.74 Å². The summed E-state index contributed by atoms with van der Waals surface area (Å²) in [5.74, 6) is 0.0354. The van der Waals surface area contributed by atoms with Crippen LogP contribution in [0.15, 0.2) is 40.9 Å². The van der Waals surface area contributed by atoms with Crippen LogP contribution in [0.5, 0.6) is 11.5 Å². The third-order valence-electron chi connectivity index (χ3n) is 2.67. The van der Waals surface area contributed by atoms with Crippen LogP contribution in [0.3, 0.4) is 0 Å². The van der Waals surface area contributed by atoms with E-state index >= 15 is 0 Å². The maximum Gasteiger partial charge on any atom is 0.133 e. The summed E-state index contributed by atoms with van der Waals surface area (Å²) in [5, 5.41) is 19.8. The molecule has 0 bridgehead atoms. The Morgan fingerprint density at radius 2 is 1.78 bits per heavy atom. The average molecular weight is 309 g/mol. The molecule has 18 heavy (non-hydrogen) atoms. The number of phenols is 2. The van der Waals surface area contributed by atoms with Gasteiger partial charge in [0.2, 0.25) is 0 Å². The Bertz CT molecular complexity index is 553. The monoisotopic (exact) mass is 308 g/mol. The van der Waals surface area contributed by atoms with Crippen molar-refractivity contribution in [3.63, 3.8) is 0 Å². The molecule has 0 amide bonds. The summed E-state index contributed by atoms with van der Waals surface area (Å²) >= 11 is 3.32. The molecule has 0 aliphatic heterocycles. The topological polar surface area (TPSA) is 49.7 Å². The molecule has 2 aromatic carbocycles. The van der Waals surface area contributed by atoms with Crippen molar-refractivity contribution in [3.05, 3.63) is 46.4 Å². The molecule has 4 heteroatoms. The molecule has 0 aromatic heterocycles. The second kappa shape index (κ2) is 5.42. The first kappa shape index (κ1) is 12.9. The normalized spacial score (nSPS) is 10.6. The number of hydrogen-bond donors (Lipinski definition) is 2. The van der Waals surface area contributed by atoms with Gasteiger partial charge in [0.05, 0.1) is 11.1 Å². The Balaban J connectivity index is 2.69. The van der Waals surface area contributed by atoms with E-state index in [1.165, 1.54) is 6.07 Å². The molecule has 0 radical (unpaired) electrons. The van der Waals surface area contributed by atoms with E-state index in [2.05, 4.69) is 15.9 Å². The van der Waals surface area contributed by atoms with Crippen LogP contribution in [0.4, 0.5) is 0 Å². The van der Waals surface area contributed by atoms with Gasteiger partial charge in [-0.2, -0.15) is 0 Å². The molecule has 2 aromatic rings. The molecule has 0 saturated carbocycles. The highest BCUT2D eigenvalue weighted by Gasteiger charge is 2.17. The summed E-state index contributed by atoms with van der Waals surface area (Å²) in [6, 6.07) is 10.8. The first-order valence-electron chi connectivity index (χ1n) is 5.42. The van der Waals surface area contributed by atoms with Crippen molar-refractivity contribution in [1.29, 1.82) is 0 Å². The lowest BCUT2D eigenvalue weighted by molar-refractivity contribution is 0.184. The lowest BCUT2D eigenvalue weighted by Gasteiger charge is -2.14. The summed E-state index contributed by atoms with van der Waals surface area (Å²) < 4.78 is 5.67. The van der Waals surface area contributed by atoms with Gasteiger partial charge >= 0.3 is 0 Å². The smallest absolute Gasteiger partial charge is 0.133 e. The minimum Gasteiger partial charge on any atom is -0.507 e. The van der Waals surface area contributed by atoms with Gasteiger partial charge < -0.3 is 14.9 Å². The fraction of sp³-hybridized carbons (Fsp3) is 0.143. The third kappa shape index (κ3) is 2.35. The van der Waals surface area contributed by atoms with Gasteiger partial charge in [-0.05, 0) is 21.5 Å². The standard InChI is InChI=1S/C14H13BrO3/c1-18-8-10-13(9-5-3-2-4-6-9)11(16)7-12(17)14(10)15/h2-7,16-17H,8H2,1H3. The van der Waals surface area contributed by atoms with Gasteiger partial charge in [0.25, 0.3) is 0 Å². The molecule has 0 fully saturated rings. The van der Waals surface area contributed by atoms with E-state index in [1.807, 2.05) is 30.3 Å².